The van der Waals surface area contributed by atoms with Gasteiger partial charge in [-0.25, -0.2) is 4.79 Å². The monoisotopic (exact) mass is 236 g/mol. The first-order valence-corrected chi connectivity index (χ1v) is 4.86. The molecule has 0 saturated heterocycles. The lowest BCUT2D eigenvalue weighted by Crippen LogP contribution is -2.35. The molecule has 0 radical (unpaired) electrons. The topological polar surface area (TPSA) is 99.5 Å². The van der Waals surface area contributed by atoms with Gasteiger partial charge in [0.05, 0.1) is 6.54 Å². The highest BCUT2D eigenvalue weighted by Gasteiger charge is 2.12. The molecule has 0 spiro atoms. The fourth-order valence-corrected chi connectivity index (χ4v) is 0.990. The van der Waals surface area contributed by atoms with Gasteiger partial charge in [-0.2, -0.15) is 0 Å². The van der Waals surface area contributed by atoms with E-state index in [1.807, 2.05) is 0 Å². The smallest absolute Gasteiger partial charge is 0.334 e. The Morgan fingerprint density at radius 3 is 2.88 bits per heavy atom. The van der Waals surface area contributed by atoms with Gasteiger partial charge in [0.15, 0.2) is 6.10 Å². The summed E-state index contributed by atoms with van der Waals surface area (Å²) in [7, 11) is 0. The Kier molecular flexibility index (Phi) is 4.83. The van der Waals surface area contributed by atoms with Crippen LogP contribution in [0.15, 0.2) is 30.6 Å². The van der Waals surface area contributed by atoms with Crippen LogP contribution in [0, 0.1) is 0 Å². The Hall–Kier alpha value is -2.21. The fraction of sp³-hybridized carbons (Fsp3) is 0.182. The van der Waals surface area contributed by atoms with Gasteiger partial charge in [-0.1, -0.05) is 6.07 Å². The Morgan fingerprint density at radius 2 is 2.29 bits per heavy atom. The van der Waals surface area contributed by atoms with Gasteiger partial charge >= 0.3 is 5.97 Å². The van der Waals surface area contributed by atoms with Crippen molar-refractivity contribution in [2.24, 2.45) is 0 Å². The fourth-order valence-electron chi connectivity index (χ4n) is 0.990. The molecule has 0 aliphatic heterocycles. The lowest BCUT2D eigenvalue weighted by atomic mass is 10.2. The molecule has 1 unspecified atom stereocenters. The number of carbonyl (C=O) groups excluding carboxylic acids is 1. The summed E-state index contributed by atoms with van der Waals surface area (Å²) in [4.78, 5) is 25.3. The van der Waals surface area contributed by atoms with E-state index in [1.165, 1.54) is 12.2 Å². The van der Waals surface area contributed by atoms with Crippen molar-refractivity contribution < 1.29 is 19.8 Å². The third-order valence-corrected chi connectivity index (χ3v) is 1.87. The van der Waals surface area contributed by atoms with E-state index < -0.39 is 18.0 Å². The predicted octanol–water partition coefficient (Wildman–Crippen LogP) is -0.343. The molecule has 3 N–H and O–H groups in total. The normalized spacial score (nSPS) is 12.3. The van der Waals surface area contributed by atoms with Crippen molar-refractivity contribution in [1.82, 2.24) is 10.3 Å². The molecule has 1 amide bonds. The van der Waals surface area contributed by atoms with E-state index >= 15 is 0 Å². The zero-order valence-electron chi connectivity index (χ0n) is 8.91. The van der Waals surface area contributed by atoms with Crippen LogP contribution in [-0.4, -0.2) is 39.7 Å². The minimum absolute atomic E-state index is 0.328. The number of aliphatic hydroxyl groups is 1. The number of aliphatic carboxylic acids is 1. The summed E-state index contributed by atoms with van der Waals surface area (Å²) >= 11 is 0. The predicted molar refractivity (Wildman–Crippen MR) is 59.9 cm³/mol. The first-order chi connectivity index (χ1) is 8.09. The van der Waals surface area contributed by atoms with Crippen LogP contribution in [0.5, 0.6) is 0 Å². The second kappa shape index (κ2) is 6.39. The van der Waals surface area contributed by atoms with Gasteiger partial charge in [0.25, 0.3) is 0 Å². The van der Waals surface area contributed by atoms with Gasteiger partial charge in [0, 0.05) is 18.5 Å². The quantitative estimate of drug-likeness (QED) is 0.607. The zero-order valence-corrected chi connectivity index (χ0v) is 8.91. The van der Waals surface area contributed by atoms with Crippen molar-refractivity contribution in [1.29, 1.82) is 0 Å². The second-order valence-corrected chi connectivity index (χ2v) is 3.22. The Bertz CT molecular complexity index is 417. The molecule has 6 heteroatoms. The Labute approximate surface area is 97.6 Å². The van der Waals surface area contributed by atoms with Gasteiger partial charge in [-0.15, -0.1) is 0 Å². The van der Waals surface area contributed by atoms with E-state index in [0.29, 0.717) is 0 Å². The number of amides is 1. The number of nitrogens with zero attached hydrogens (tertiary/aromatic N) is 1. The highest BCUT2D eigenvalue weighted by Crippen LogP contribution is 1.97. The Morgan fingerprint density at radius 1 is 1.53 bits per heavy atom. The van der Waals surface area contributed by atoms with E-state index in [9.17, 15) is 9.59 Å². The first-order valence-electron chi connectivity index (χ1n) is 4.86. The van der Waals surface area contributed by atoms with Crippen molar-refractivity contribution in [3.05, 3.63) is 36.2 Å². The summed E-state index contributed by atoms with van der Waals surface area (Å²) in [5, 5.41) is 19.5. The van der Waals surface area contributed by atoms with Crippen molar-refractivity contribution in [3.8, 4) is 0 Å². The molecule has 1 aromatic rings. The molecule has 0 fully saturated rings. The second-order valence-electron chi connectivity index (χ2n) is 3.22. The summed E-state index contributed by atoms with van der Waals surface area (Å²) in [6.07, 6.45) is 4.38. The maximum Gasteiger partial charge on any atom is 0.334 e. The lowest BCUT2D eigenvalue weighted by Gasteiger charge is -2.04. The number of pyridine rings is 1. The van der Waals surface area contributed by atoms with Gasteiger partial charge in [-0.05, 0) is 17.7 Å². The summed E-state index contributed by atoms with van der Waals surface area (Å²) < 4.78 is 0. The van der Waals surface area contributed by atoms with Crippen LogP contribution in [0.1, 0.15) is 5.56 Å². The first kappa shape index (κ1) is 12.9. The van der Waals surface area contributed by atoms with Crippen molar-refractivity contribution in [2.75, 3.05) is 6.54 Å². The number of carbonyl (C=O) groups is 2. The summed E-state index contributed by atoms with van der Waals surface area (Å²) in [6, 6.07) is 3.49. The van der Waals surface area contributed by atoms with Crippen LogP contribution in [0.3, 0.4) is 0 Å². The molecule has 1 aromatic heterocycles. The van der Waals surface area contributed by atoms with Crippen LogP contribution in [-0.2, 0) is 9.59 Å². The number of hydrogen-bond acceptors (Lipinski definition) is 4. The van der Waals surface area contributed by atoms with Gasteiger partial charge in [0.2, 0.25) is 5.91 Å². The molecule has 0 saturated carbocycles. The van der Waals surface area contributed by atoms with E-state index in [2.05, 4.69) is 10.3 Å². The van der Waals surface area contributed by atoms with E-state index in [0.717, 1.165) is 5.56 Å². The third kappa shape index (κ3) is 4.89. The van der Waals surface area contributed by atoms with Crippen LogP contribution in [0.25, 0.3) is 6.08 Å². The molecule has 90 valence electrons. The molecule has 6 nitrogen and oxygen atoms in total. The van der Waals surface area contributed by atoms with Gasteiger partial charge in [0.1, 0.15) is 0 Å². The molecule has 0 aromatic carbocycles. The summed E-state index contributed by atoms with van der Waals surface area (Å²) in [6.45, 7) is -0.328. The number of carboxylic acids is 1. The third-order valence-electron chi connectivity index (χ3n) is 1.87. The zero-order chi connectivity index (χ0) is 12.7. The Balaban J connectivity index is 2.40. The minimum Gasteiger partial charge on any atom is -0.479 e. The maximum absolute atomic E-state index is 11.2. The molecular weight excluding hydrogens is 224 g/mol. The standard InChI is InChI=1S/C11H12N2O4/c14-9(11(16)17)7-13-10(15)4-3-8-2-1-5-12-6-8/h1-6,9,14H,7H2,(H,13,15)(H,16,17). The summed E-state index contributed by atoms with van der Waals surface area (Å²) in [5.74, 6) is -1.85. The van der Waals surface area contributed by atoms with Gasteiger partial charge in [-0.3, -0.25) is 9.78 Å². The molecule has 0 aliphatic carbocycles. The lowest BCUT2D eigenvalue weighted by molar-refractivity contribution is -0.146. The number of hydrogen-bond donors (Lipinski definition) is 3. The van der Waals surface area contributed by atoms with E-state index in [-0.39, 0.29) is 6.54 Å². The summed E-state index contributed by atoms with van der Waals surface area (Å²) in [5.41, 5.74) is 0.751. The number of aliphatic hydroxyl groups excluding tert-OH is 1. The molecule has 1 rings (SSSR count). The van der Waals surface area contributed by atoms with E-state index in [1.54, 1.807) is 24.5 Å². The number of rotatable bonds is 5. The highest BCUT2D eigenvalue weighted by molar-refractivity contribution is 5.91. The largest absolute Gasteiger partial charge is 0.479 e. The molecule has 1 heterocycles. The van der Waals surface area contributed by atoms with Crippen LogP contribution < -0.4 is 5.32 Å². The van der Waals surface area contributed by atoms with Crippen molar-refractivity contribution >= 4 is 18.0 Å². The van der Waals surface area contributed by atoms with Gasteiger partial charge < -0.3 is 15.5 Å². The number of nitrogens with one attached hydrogen (secondary N) is 1. The van der Waals surface area contributed by atoms with Crippen LogP contribution in [0.4, 0.5) is 0 Å². The SMILES string of the molecule is O=C(C=Cc1cccnc1)NCC(O)C(=O)O. The maximum atomic E-state index is 11.2. The van der Waals surface area contributed by atoms with Crippen molar-refractivity contribution in [2.45, 2.75) is 6.10 Å². The number of aromatic nitrogens is 1. The average molecular weight is 236 g/mol. The molecular formula is C11H12N2O4. The highest BCUT2D eigenvalue weighted by atomic mass is 16.4. The van der Waals surface area contributed by atoms with Crippen LogP contribution in [0.2, 0.25) is 0 Å². The molecule has 0 bridgehead atoms. The van der Waals surface area contributed by atoms with Crippen molar-refractivity contribution in [3.63, 3.8) is 0 Å². The molecule has 1 atom stereocenters. The molecule has 17 heavy (non-hydrogen) atoms. The van der Waals surface area contributed by atoms with E-state index in [4.69, 9.17) is 10.2 Å². The van der Waals surface area contributed by atoms with Crippen LogP contribution >= 0.6 is 0 Å². The number of carboxylic acid groups (broad SMARTS) is 1. The average Bonchev–Trinajstić information content (AvgIpc) is 2.34. The minimum atomic E-state index is -1.59. The molecule has 0 aliphatic rings.